The summed E-state index contributed by atoms with van der Waals surface area (Å²) in [6.07, 6.45) is 0. The third kappa shape index (κ3) is 5.03. The van der Waals surface area contributed by atoms with Crippen LogP contribution in [0.5, 0.6) is 0 Å². The van der Waals surface area contributed by atoms with E-state index in [1.807, 2.05) is 0 Å². The molecule has 1 aromatic rings. The van der Waals surface area contributed by atoms with Crippen molar-refractivity contribution in [2.24, 2.45) is 0 Å². The molecular weight excluding hydrogens is 308 g/mol. The zero-order valence-electron chi connectivity index (χ0n) is 13.4. The third-order valence-electron chi connectivity index (χ3n) is 3.40. The van der Waals surface area contributed by atoms with Crippen molar-refractivity contribution in [3.8, 4) is 0 Å². The number of hydrogen-bond donors (Lipinski definition) is 2. The van der Waals surface area contributed by atoms with Gasteiger partial charge in [-0.1, -0.05) is 0 Å². The molecule has 0 amide bonds. The smallest absolute Gasteiger partial charge is 0.250 e. The van der Waals surface area contributed by atoms with Crippen molar-refractivity contribution < 1.29 is 13.5 Å². The Hall–Kier alpha value is -0.470. The van der Waals surface area contributed by atoms with Crippen molar-refractivity contribution in [3.05, 3.63) is 16.5 Å². The van der Waals surface area contributed by atoms with Crippen LogP contribution in [0.15, 0.2) is 10.3 Å². The molecule has 1 rings (SSSR count). The second-order valence-corrected chi connectivity index (χ2v) is 8.78. The molecule has 1 aromatic heterocycles. The molecule has 0 aliphatic carbocycles. The van der Waals surface area contributed by atoms with E-state index >= 15 is 0 Å². The lowest BCUT2D eigenvalue weighted by molar-refractivity contribution is 0.179. The Bertz CT molecular complexity index is 543. The van der Waals surface area contributed by atoms with Crippen LogP contribution in [0, 0.1) is 6.92 Å². The summed E-state index contributed by atoms with van der Waals surface area (Å²) in [6.45, 7) is 11.1. The molecule has 0 bridgehead atoms. The van der Waals surface area contributed by atoms with Crippen LogP contribution in [-0.2, 0) is 16.6 Å². The highest BCUT2D eigenvalue weighted by molar-refractivity contribution is 7.91. The predicted octanol–water partition coefficient (Wildman–Crippen LogP) is 1.95. The molecule has 0 spiro atoms. The van der Waals surface area contributed by atoms with E-state index in [1.165, 1.54) is 0 Å². The summed E-state index contributed by atoms with van der Waals surface area (Å²) >= 11 is 1.12. The van der Waals surface area contributed by atoms with Crippen LogP contribution in [0.25, 0.3) is 0 Å². The molecule has 21 heavy (non-hydrogen) atoms. The highest BCUT2D eigenvalue weighted by atomic mass is 32.2. The first-order chi connectivity index (χ1) is 9.69. The van der Waals surface area contributed by atoms with Gasteiger partial charge in [-0.3, -0.25) is 4.90 Å². The predicted molar refractivity (Wildman–Crippen MR) is 87.1 cm³/mol. The van der Waals surface area contributed by atoms with Gasteiger partial charge in [0.2, 0.25) is 10.0 Å². The number of aryl methyl sites for hydroxylation is 1. The number of sulfonamides is 1. The molecule has 0 aromatic carbocycles. The maximum absolute atomic E-state index is 12.2. The van der Waals surface area contributed by atoms with Crippen molar-refractivity contribution in [3.63, 3.8) is 0 Å². The van der Waals surface area contributed by atoms with Gasteiger partial charge in [0, 0.05) is 30.1 Å². The lowest BCUT2D eigenvalue weighted by Gasteiger charge is -2.30. The van der Waals surface area contributed by atoms with Gasteiger partial charge in [-0.2, -0.15) is 0 Å². The highest BCUT2D eigenvalue weighted by Gasteiger charge is 2.19. The Balaban J connectivity index is 2.68. The summed E-state index contributed by atoms with van der Waals surface area (Å²) in [5.74, 6) is 0. The summed E-state index contributed by atoms with van der Waals surface area (Å²) in [6, 6.07) is 2.36. The Kier molecular flexibility index (Phi) is 6.80. The number of thiophene rings is 1. The molecule has 1 heterocycles. The number of rotatable bonds is 8. The second kappa shape index (κ2) is 7.69. The van der Waals surface area contributed by atoms with Crippen LogP contribution >= 0.6 is 11.3 Å². The lowest BCUT2D eigenvalue weighted by Crippen LogP contribution is -2.42. The molecule has 5 nitrogen and oxygen atoms in total. The molecule has 0 saturated carbocycles. The van der Waals surface area contributed by atoms with E-state index in [4.69, 9.17) is 5.11 Å². The zero-order chi connectivity index (χ0) is 16.2. The number of aliphatic hydroxyl groups excluding tert-OH is 1. The Morgan fingerprint density at radius 2 is 1.86 bits per heavy atom. The Morgan fingerprint density at radius 1 is 1.29 bits per heavy atom. The minimum atomic E-state index is -3.49. The summed E-state index contributed by atoms with van der Waals surface area (Å²) in [4.78, 5) is 2.93. The molecule has 0 fully saturated rings. The van der Waals surface area contributed by atoms with Crippen LogP contribution in [0.2, 0.25) is 0 Å². The largest absolute Gasteiger partial charge is 0.391 e. The molecule has 0 unspecified atom stereocenters. The summed E-state index contributed by atoms with van der Waals surface area (Å²) in [5.41, 5.74) is 0.814. The first kappa shape index (κ1) is 18.6. The first-order valence-electron chi connectivity index (χ1n) is 7.14. The quantitative estimate of drug-likeness (QED) is 0.762. The Morgan fingerprint density at radius 3 is 2.29 bits per heavy atom. The lowest BCUT2D eigenvalue weighted by atomic mass is 10.2. The van der Waals surface area contributed by atoms with Crippen molar-refractivity contribution in [1.29, 1.82) is 0 Å². The molecule has 0 aliphatic heterocycles. The van der Waals surface area contributed by atoms with E-state index in [-0.39, 0.29) is 10.8 Å². The summed E-state index contributed by atoms with van der Waals surface area (Å²) in [5, 5.41) is 9.16. The monoisotopic (exact) mass is 334 g/mol. The Labute approximate surface area is 132 Å². The average molecular weight is 335 g/mol. The molecule has 0 aliphatic rings. The van der Waals surface area contributed by atoms with Gasteiger partial charge in [0.1, 0.15) is 4.21 Å². The van der Waals surface area contributed by atoms with Gasteiger partial charge in [-0.25, -0.2) is 13.1 Å². The van der Waals surface area contributed by atoms with Crippen molar-refractivity contribution in [1.82, 2.24) is 9.62 Å². The van der Waals surface area contributed by atoms with Gasteiger partial charge < -0.3 is 5.11 Å². The average Bonchev–Trinajstić information content (AvgIpc) is 2.75. The van der Waals surface area contributed by atoms with Crippen molar-refractivity contribution in [2.45, 2.75) is 57.5 Å². The number of hydrogen-bond acceptors (Lipinski definition) is 5. The molecule has 122 valence electrons. The fourth-order valence-corrected chi connectivity index (χ4v) is 4.79. The molecule has 7 heteroatoms. The number of aliphatic hydroxyl groups is 1. The molecule has 0 saturated heterocycles. The van der Waals surface area contributed by atoms with Crippen LogP contribution in [0.1, 0.15) is 38.1 Å². The maximum Gasteiger partial charge on any atom is 0.250 e. The van der Waals surface area contributed by atoms with E-state index in [2.05, 4.69) is 37.3 Å². The summed E-state index contributed by atoms with van der Waals surface area (Å²) in [7, 11) is -3.49. The van der Waals surface area contributed by atoms with Crippen LogP contribution < -0.4 is 4.72 Å². The minimum absolute atomic E-state index is 0.125. The van der Waals surface area contributed by atoms with Gasteiger partial charge in [0.15, 0.2) is 0 Å². The molecule has 2 N–H and O–H groups in total. The number of nitrogens with one attached hydrogen (secondary N) is 1. The van der Waals surface area contributed by atoms with Crippen molar-refractivity contribution >= 4 is 21.4 Å². The topological polar surface area (TPSA) is 69.6 Å². The van der Waals surface area contributed by atoms with E-state index < -0.39 is 10.0 Å². The highest BCUT2D eigenvalue weighted by Crippen LogP contribution is 2.25. The van der Waals surface area contributed by atoms with Gasteiger partial charge in [0.05, 0.1) is 6.61 Å². The molecule has 0 radical (unpaired) electrons. The van der Waals surface area contributed by atoms with Crippen LogP contribution in [-0.4, -0.2) is 43.6 Å². The van der Waals surface area contributed by atoms with Gasteiger partial charge in [-0.05, 0) is 46.2 Å². The van der Waals surface area contributed by atoms with Crippen LogP contribution in [0.3, 0.4) is 0 Å². The van der Waals surface area contributed by atoms with E-state index in [1.54, 1.807) is 13.0 Å². The minimum Gasteiger partial charge on any atom is -0.391 e. The fourth-order valence-electron chi connectivity index (χ4n) is 2.27. The second-order valence-electron chi connectivity index (χ2n) is 5.65. The van der Waals surface area contributed by atoms with Crippen LogP contribution in [0.4, 0.5) is 0 Å². The van der Waals surface area contributed by atoms with Gasteiger partial charge >= 0.3 is 0 Å². The standard InChI is InChI=1S/C14H26N2O3S2/c1-10(2)16(11(3)4)7-6-15-21(18,19)14-8-12(5)13(9-17)20-14/h8,10-11,15,17H,6-7,9H2,1-5H3. The number of nitrogens with zero attached hydrogens (tertiary/aromatic N) is 1. The third-order valence-corrected chi connectivity index (χ3v) is 6.55. The fraction of sp³-hybridized carbons (Fsp3) is 0.714. The first-order valence-corrected chi connectivity index (χ1v) is 9.44. The molecule has 0 atom stereocenters. The summed E-state index contributed by atoms with van der Waals surface area (Å²) < 4.78 is 27.4. The van der Waals surface area contributed by atoms with E-state index in [9.17, 15) is 8.42 Å². The van der Waals surface area contributed by atoms with E-state index in [0.29, 0.717) is 30.1 Å². The normalized spacial score (nSPS) is 12.8. The van der Waals surface area contributed by atoms with Gasteiger partial charge in [-0.15, -0.1) is 11.3 Å². The molecular formula is C14H26N2O3S2. The van der Waals surface area contributed by atoms with Crippen molar-refractivity contribution in [2.75, 3.05) is 13.1 Å². The van der Waals surface area contributed by atoms with Gasteiger partial charge in [0.25, 0.3) is 0 Å². The maximum atomic E-state index is 12.2. The SMILES string of the molecule is Cc1cc(S(=O)(=O)NCCN(C(C)C)C(C)C)sc1CO. The van der Waals surface area contributed by atoms with E-state index in [0.717, 1.165) is 16.9 Å². The zero-order valence-corrected chi connectivity index (χ0v) is 15.0.